The van der Waals surface area contributed by atoms with Crippen molar-refractivity contribution in [2.24, 2.45) is 0 Å². The lowest BCUT2D eigenvalue weighted by molar-refractivity contribution is 0.0599. The number of carbonyl (C=O) groups is 1. The van der Waals surface area contributed by atoms with Gasteiger partial charge in [0.15, 0.2) is 0 Å². The van der Waals surface area contributed by atoms with Crippen LogP contribution in [0.25, 0.3) is 0 Å². The van der Waals surface area contributed by atoms with Crippen LogP contribution in [-0.4, -0.2) is 36.5 Å². The van der Waals surface area contributed by atoms with Crippen LogP contribution in [0.15, 0.2) is 76.5 Å². The van der Waals surface area contributed by atoms with Gasteiger partial charge in [0.05, 0.1) is 22.5 Å². The van der Waals surface area contributed by atoms with Crippen molar-refractivity contribution in [2.45, 2.75) is 49.3 Å². The number of rotatable bonds is 9. The molecule has 8 nitrogen and oxygen atoms in total. The summed E-state index contributed by atoms with van der Waals surface area (Å²) in [6.45, 7) is 8.00. The molecule has 0 unspecified atom stereocenters. The molecule has 3 aromatic carbocycles. The van der Waals surface area contributed by atoms with Gasteiger partial charge in [-0.1, -0.05) is 51.1 Å². The Balaban J connectivity index is 1.61. The van der Waals surface area contributed by atoms with Gasteiger partial charge >= 0.3 is 5.97 Å². The second-order valence-corrected chi connectivity index (χ2v) is 13.1. The summed E-state index contributed by atoms with van der Waals surface area (Å²) in [5, 5.41) is 0. The SMILES string of the molecule is COC(=O)c1cc(S(=O)(=O)NCCc2ccc(NS(=O)(=O)c3ccc(C(C)(C)C)cc3)cc2)ccc1C. The first-order valence-electron chi connectivity index (χ1n) is 11.6. The van der Waals surface area contributed by atoms with E-state index in [-0.39, 0.29) is 27.3 Å². The predicted molar refractivity (Wildman–Crippen MR) is 144 cm³/mol. The van der Waals surface area contributed by atoms with Crippen LogP contribution in [0.5, 0.6) is 0 Å². The van der Waals surface area contributed by atoms with Crippen molar-refractivity contribution in [3.05, 3.63) is 89.0 Å². The Labute approximate surface area is 219 Å². The lowest BCUT2D eigenvalue weighted by Gasteiger charge is -2.19. The Hall–Kier alpha value is -3.21. The highest BCUT2D eigenvalue weighted by molar-refractivity contribution is 7.92. The van der Waals surface area contributed by atoms with Crippen LogP contribution in [0.3, 0.4) is 0 Å². The molecule has 2 N–H and O–H groups in total. The maximum absolute atomic E-state index is 12.8. The van der Waals surface area contributed by atoms with Crippen LogP contribution in [0.1, 0.15) is 47.8 Å². The van der Waals surface area contributed by atoms with E-state index < -0.39 is 26.0 Å². The highest BCUT2D eigenvalue weighted by atomic mass is 32.2. The van der Waals surface area contributed by atoms with Gasteiger partial charge in [-0.25, -0.2) is 26.4 Å². The third-order valence-electron chi connectivity index (χ3n) is 5.87. The fraction of sp³-hybridized carbons (Fsp3) is 0.296. The van der Waals surface area contributed by atoms with Crippen LogP contribution in [0, 0.1) is 6.92 Å². The van der Waals surface area contributed by atoms with Gasteiger partial charge in [0.2, 0.25) is 10.0 Å². The van der Waals surface area contributed by atoms with Crippen molar-refractivity contribution >= 4 is 31.7 Å². The Bertz CT molecular complexity index is 1470. The van der Waals surface area contributed by atoms with Crippen molar-refractivity contribution in [3.8, 4) is 0 Å². The number of esters is 1. The number of hydrogen-bond donors (Lipinski definition) is 2. The highest BCUT2D eigenvalue weighted by Gasteiger charge is 2.19. The van der Waals surface area contributed by atoms with Crippen molar-refractivity contribution in [3.63, 3.8) is 0 Å². The Morgan fingerprint density at radius 2 is 1.43 bits per heavy atom. The van der Waals surface area contributed by atoms with Crippen LogP contribution >= 0.6 is 0 Å². The molecular weight excluding hydrogens is 512 g/mol. The summed E-state index contributed by atoms with van der Waals surface area (Å²) in [7, 11) is -6.34. The van der Waals surface area contributed by atoms with Gasteiger partial charge in [-0.2, -0.15) is 0 Å². The van der Waals surface area contributed by atoms with Crippen molar-refractivity contribution < 1.29 is 26.4 Å². The maximum Gasteiger partial charge on any atom is 0.338 e. The summed E-state index contributed by atoms with van der Waals surface area (Å²) in [6, 6.07) is 17.8. The van der Waals surface area contributed by atoms with E-state index in [9.17, 15) is 21.6 Å². The van der Waals surface area contributed by atoms with Crippen LogP contribution in [0.2, 0.25) is 0 Å². The summed E-state index contributed by atoms with van der Waals surface area (Å²) < 4.78 is 60.7. The van der Waals surface area contributed by atoms with E-state index in [0.717, 1.165) is 11.1 Å². The van der Waals surface area contributed by atoms with Crippen molar-refractivity contribution in [1.82, 2.24) is 4.72 Å². The molecule has 10 heteroatoms. The van der Waals surface area contributed by atoms with Crippen LogP contribution < -0.4 is 9.44 Å². The molecule has 0 radical (unpaired) electrons. The minimum Gasteiger partial charge on any atom is -0.465 e. The fourth-order valence-corrected chi connectivity index (χ4v) is 5.72. The number of methoxy groups -OCH3 is 1. The Morgan fingerprint density at radius 1 is 0.838 bits per heavy atom. The Morgan fingerprint density at radius 3 is 2.00 bits per heavy atom. The fourth-order valence-electron chi connectivity index (χ4n) is 3.60. The van der Waals surface area contributed by atoms with Gasteiger partial charge in [-0.3, -0.25) is 4.72 Å². The topological polar surface area (TPSA) is 119 Å². The van der Waals surface area contributed by atoms with E-state index >= 15 is 0 Å². The maximum atomic E-state index is 12.8. The molecular formula is C27H32N2O6S2. The van der Waals surface area contributed by atoms with E-state index in [2.05, 4.69) is 30.2 Å². The number of nitrogens with one attached hydrogen (secondary N) is 2. The number of carbonyl (C=O) groups excluding carboxylic acids is 1. The highest BCUT2D eigenvalue weighted by Crippen LogP contribution is 2.24. The lowest BCUT2D eigenvalue weighted by atomic mass is 9.87. The van der Waals surface area contributed by atoms with E-state index in [1.165, 1.54) is 19.2 Å². The molecule has 37 heavy (non-hydrogen) atoms. The summed E-state index contributed by atoms with van der Waals surface area (Å²) in [5.74, 6) is -0.604. The van der Waals surface area contributed by atoms with E-state index in [1.807, 2.05) is 12.1 Å². The standard InChI is InChI=1S/C27H32N2O6S2/c1-19-6-13-24(18-25(19)26(30)35-5)36(31,32)28-17-16-20-7-11-22(12-8-20)29-37(33,34)23-14-9-21(10-15-23)27(2,3)4/h6-15,18,28-29H,16-17H2,1-5H3. The smallest absolute Gasteiger partial charge is 0.338 e. The average molecular weight is 545 g/mol. The summed E-state index contributed by atoms with van der Waals surface area (Å²) in [4.78, 5) is 12.0. The quantitative estimate of drug-likeness (QED) is 0.386. The minimum atomic E-state index is -3.84. The number of benzene rings is 3. The summed E-state index contributed by atoms with van der Waals surface area (Å²) >= 11 is 0. The molecule has 0 spiro atoms. The molecule has 3 aromatic rings. The zero-order chi connectivity index (χ0) is 27.4. The Kier molecular flexibility index (Phi) is 8.46. The van der Waals surface area contributed by atoms with Crippen LogP contribution in [-0.2, 0) is 36.6 Å². The molecule has 0 fully saturated rings. The lowest BCUT2D eigenvalue weighted by Crippen LogP contribution is -2.26. The van der Waals surface area contributed by atoms with E-state index in [1.54, 1.807) is 49.4 Å². The zero-order valence-corrected chi connectivity index (χ0v) is 23.2. The number of aryl methyl sites for hydroxylation is 1. The number of hydrogen-bond acceptors (Lipinski definition) is 6. The second kappa shape index (κ2) is 11.0. The molecule has 198 valence electrons. The molecule has 0 aliphatic heterocycles. The minimum absolute atomic E-state index is 0.0289. The van der Waals surface area contributed by atoms with Gasteiger partial charge in [-0.15, -0.1) is 0 Å². The van der Waals surface area contributed by atoms with Gasteiger partial charge in [0.25, 0.3) is 10.0 Å². The van der Waals surface area contributed by atoms with Gasteiger partial charge in [0.1, 0.15) is 0 Å². The predicted octanol–water partition coefficient (Wildman–Crippen LogP) is 4.40. The normalized spacial score (nSPS) is 12.2. The molecule has 0 amide bonds. The number of sulfonamides is 2. The van der Waals surface area contributed by atoms with Crippen LogP contribution in [0.4, 0.5) is 5.69 Å². The van der Waals surface area contributed by atoms with Gasteiger partial charge in [-0.05, 0) is 71.8 Å². The third-order valence-corrected chi connectivity index (χ3v) is 8.72. The van der Waals surface area contributed by atoms with E-state index in [4.69, 9.17) is 4.74 Å². The first-order chi connectivity index (χ1) is 17.2. The van der Waals surface area contributed by atoms with Crippen molar-refractivity contribution in [1.29, 1.82) is 0 Å². The largest absolute Gasteiger partial charge is 0.465 e. The molecule has 0 atom stereocenters. The van der Waals surface area contributed by atoms with Crippen molar-refractivity contribution in [2.75, 3.05) is 18.4 Å². The summed E-state index contributed by atoms with van der Waals surface area (Å²) in [6.07, 6.45) is 0.385. The molecule has 0 aliphatic rings. The number of ether oxygens (including phenoxy) is 1. The molecule has 3 rings (SSSR count). The molecule has 0 saturated carbocycles. The van der Waals surface area contributed by atoms with Gasteiger partial charge in [0, 0.05) is 12.2 Å². The molecule has 0 saturated heterocycles. The molecule has 0 bridgehead atoms. The van der Waals surface area contributed by atoms with E-state index in [0.29, 0.717) is 17.7 Å². The monoisotopic (exact) mass is 544 g/mol. The third kappa shape index (κ3) is 7.18. The first-order valence-corrected chi connectivity index (χ1v) is 14.6. The summed E-state index contributed by atoms with van der Waals surface area (Å²) in [5.41, 5.74) is 2.99. The first kappa shape index (κ1) is 28.4. The average Bonchev–Trinajstić information content (AvgIpc) is 2.84. The van der Waals surface area contributed by atoms with Gasteiger partial charge < -0.3 is 4.74 Å². The zero-order valence-electron chi connectivity index (χ0n) is 21.5. The second-order valence-electron chi connectivity index (χ2n) is 9.69. The molecule has 0 heterocycles. The molecule has 0 aromatic heterocycles. The molecule has 0 aliphatic carbocycles. The number of anilines is 1.